The van der Waals surface area contributed by atoms with Gasteiger partial charge in [0, 0.05) is 12.1 Å². The number of rotatable bonds is 27. The van der Waals surface area contributed by atoms with E-state index in [-0.39, 0.29) is 5.97 Å². The van der Waals surface area contributed by atoms with Crippen LogP contribution in [0, 0.1) is 0 Å². The Kier molecular flexibility index (Phi) is 23.6. The van der Waals surface area contributed by atoms with E-state index in [0.717, 1.165) is 29.9 Å². The molecule has 0 radical (unpaired) electrons. The lowest BCUT2D eigenvalue weighted by Gasteiger charge is -2.12. The zero-order chi connectivity index (χ0) is 28.2. The van der Waals surface area contributed by atoms with Crippen LogP contribution in [0.5, 0.6) is 11.5 Å². The molecule has 0 saturated heterocycles. The Balaban J connectivity index is 2.38. The minimum atomic E-state index is -0.331. The molecule has 0 aliphatic rings. The molecular weight excluding hydrogens is 484 g/mol. The Labute approximate surface area is 241 Å². The third-order valence-corrected chi connectivity index (χ3v) is 7.13. The summed E-state index contributed by atoms with van der Waals surface area (Å²) in [6.45, 7) is 8.14. The fourth-order valence-electron chi connectivity index (χ4n) is 4.77. The molecule has 4 nitrogen and oxygen atoms in total. The number of unbranched alkanes of at least 4 members (excludes halogenated alkanes) is 18. The summed E-state index contributed by atoms with van der Waals surface area (Å²) >= 11 is 0. The van der Waals surface area contributed by atoms with Crippen molar-refractivity contribution in [3.05, 3.63) is 29.8 Å². The normalized spacial score (nSPS) is 11.3. The predicted octanol–water partition coefficient (Wildman–Crippen LogP) is 10.9. The smallest absolute Gasteiger partial charge is 0.330 e. The van der Waals surface area contributed by atoms with Crippen LogP contribution in [0.3, 0.4) is 0 Å². The van der Waals surface area contributed by atoms with Gasteiger partial charge in [0.05, 0.1) is 19.8 Å². The monoisotopic (exact) mass is 544 g/mol. The summed E-state index contributed by atoms with van der Waals surface area (Å²) in [6.07, 6.45) is 29.5. The van der Waals surface area contributed by atoms with Crippen molar-refractivity contribution in [1.82, 2.24) is 0 Å². The third kappa shape index (κ3) is 21.5. The quantitative estimate of drug-likeness (QED) is 0.0627. The molecule has 39 heavy (non-hydrogen) atoms. The van der Waals surface area contributed by atoms with Crippen LogP contribution in [-0.2, 0) is 9.53 Å². The molecule has 1 rings (SSSR count). The van der Waals surface area contributed by atoms with Crippen LogP contribution in [0.4, 0.5) is 0 Å². The molecule has 1 aromatic rings. The van der Waals surface area contributed by atoms with Crippen LogP contribution in [-0.4, -0.2) is 25.8 Å². The highest BCUT2D eigenvalue weighted by atomic mass is 16.5. The number of hydrogen-bond acceptors (Lipinski definition) is 4. The molecule has 1 aromatic carbocycles. The maximum absolute atomic E-state index is 11.8. The lowest BCUT2D eigenvalue weighted by molar-refractivity contribution is -0.137. The van der Waals surface area contributed by atoms with Gasteiger partial charge in [0.2, 0.25) is 0 Å². The number of carbonyl (C=O) groups is 1. The summed E-state index contributed by atoms with van der Waals surface area (Å²) in [5.41, 5.74) is 0.890. The van der Waals surface area contributed by atoms with Gasteiger partial charge < -0.3 is 14.2 Å². The first kappa shape index (κ1) is 35.1. The van der Waals surface area contributed by atoms with Gasteiger partial charge in [-0.2, -0.15) is 0 Å². The molecule has 0 N–H and O–H groups in total. The lowest BCUT2D eigenvalue weighted by Crippen LogP contribution is -2.01. The first-order valence-electron chi connectivity index (χ1n) is 16.4. The Hall–Kier alpha value is -1.97. The average molecular weight is 545 g/mol. The molecule has 0 amide bonds. The zero-order valence-electron chi connectivity index (χ0n) is 25.8. The highest BCUT2D eigenvalue weighted by molar-refractivity contribution is 5.87. The Morgan fingerprint density at radius 3 is 1.33 bits per heavy atom. The van der Waals surface area contributed by atoms with Crippen molar-refractivity contribution in [2.24, 2.45) is 0 Å². The van der Waals surface area contributed by atoms with E-state index in [9.17, 15) is 4.79 Å². The van der Waals surface area contributed by atoms with Gasteiger partial charge >= 0.3 is 5.97 Å². The molecule has 0 aliphatic heterocycles. The van der Waals surface area contributed by atoms with Crippen molar-refractivity contribution < 1.29 is 19.0 Å². The SMILES string of the molecule is CCCCCCCCCCCCOc1cc(C=CC(=O)OCC)cc(OCCCCCCCCCCCC)c1. The number of esters is 1. The Bertz CT molecular complexity index is 683. The molecule has 0 heterocycles. The van der Waals surface area contributed by atoms with Gasteiger partial charge in [-0.3, -0.25) is 0 Å². The molecule has 0 atom stereocenters. The van der Waals surface area contributed by atoms with Gasteiger partial charge in [0.15, 0.2) is 0 Å². The molecule has 4 heteroatoms. The van der Waals surface area contributed by atoms with Crippen molar-refractivity contribution in [2.45, 2.75) is 149 Å². The fraction of sp³-hybridized carbons (Fsp3) is 0.743. The topological polar surface area (TPSA) is 44.8 Å². The number of benzene rings is 1. The summed E-state index contributed by atoms with van der Waals surface area (Å²) in [7, 11) is 0. The van der Waals surface area contributed by atoms with Gasteiger partial charge in [-0.05, 0) is 43.5 Å². The summed E-state index contributed by atoms with van der Waals surface area (Å²) in [5, 5.41) is 0. The van der Waals surface area contributed by atoms with Crippen molar-refractivity contribution in [2.75, 3.05) is 19.8 Å². The van der Waals surface area contributed by atoms with Crippen LogP contribution in [0.1, 0.15) is 155 Å². The summed E-state index contributed by atoms with van der Waals surface area (Å²) in [6, 6.07) is 5.92. The standard InChI is InChI=1S/C35H60O4/c1-4-7-9-11-13-15-17-19-21-23-27-38-33-29-32(25-26-35(36)37-6-3)30-34(31-33)39-28-24-22-20-18-16-14-12-10-8-5-2/h25-26,29-31H,4-24,27-28H2,1-3H3. The van der Waals surface area contributed by atoms with E-state index < -0.39 is 0 Å². The Morgan fingerprint density at radius 2 is 0.949 bits per heavy atom. The van der Waals surface area contributed by atoms with Crippen molar-refractivity contribution in [3.8, 4) is 11.5 Å². The van der Waals surface area contributed by atoms with E-state index in [0.29, 0.717) is 19.8 Å². The molecule has 0 unspecified atom stereocenters. The van der Waals surface area contributed by atoms with E-state index >= 15 is 0 Å². The molecule has 0 bridgehead atoms. The van der Waals surface area contributed by atoms with Gasteiger partial charge in [0.25, 0.3) is 0 Å². The zero-order valence-corrected chi connectivity index (χ0v) is 25.8. The van der Waals surface area contributed by atoms with E-state index in [2.05, 4.69) is 13.8 Å². The van der Waals surface area contributed by atoms with Crippen LogP contribution in [0.2, 0.25) is 0 Å². The van der Waals surface area contributed by atoms with Gasteiger partial charge in [0.1, 0.15) is 11.5 Å². The molecule has 0 fully saturated rings. The van der Waals surface area contributed by atoms with Gasteiger partial charge in [-0.25, -0.2) is 4.79 Å². The highest BCUT2D eigenvalue weighted by Crippen LogP contribution is 2.25. The summed E-state index contributed by atoms with van der Waals surface area (Å²) in [4.78, 5) is 11.8. The van der Waals surface area contributed by atoms with Crippen molar-refractivity contribution in [1.29, 1.82) is 0 Å². The fourth-order valence-corrected chi connectivity index (χ4v) is 4.77. The Morgan fingerprint density at radius 1 is 0.564 bits per heavy atom. The maximum Gasteiger partial charge on any atom is 0.330 e. The number of ether oxygens (including phenoxy) is 3. The summed E-state index contributed by atoms with van der Waals surface area (Å²) in [5.74, 6) is 1.27. The first-order valence-corrected chi connectivity index (χ1v) is 16.4. The van der Waals surface area contributed by atoms with E-state index in [1.165, 1.54) is 122 Å². The largest absolute Gasteiger partial charge is 0.493 e. The first-order chi connectivity index (χ1) is 19.2. The molecule has 0 aliphatic carbocycles. The summed E-state index contributed by atoms with van der Waals surface area (Å²) < 4.78 is 17.2. The van der Waals surface area contributed by atoms with Crippen molar-refractivity contribution >= 4 is 12.0 Å². The van der Waals surface area contributed by atoms with Crippen LogP contribution < -0.4 is 9.47 Å². The van der Waals surface area contributed by atoms with Gasteiger partial charge in [-0.1, -0.05) is 129 Å². The average Bonchev–Trinajstić information content (AvgIpc) is 2.93. The van der Waals surface area contributed by atoms with Crippen LogP contribution in [0.15, 0.2) is 24.3 Å². The predicted molar refractivity (Wildman–Crippen MR) is 167 cm³/mol. The van der Waals surface area contributed by atoms with E-state index in [4.69, 9.17) is 14.2 Å². The minimum absolute atomic E-state index is 0.331. The molecular formula is C35H60O4. The van der Waals surface area contributed by atoms with E-state index in [1.54, 1.807) is 6.08 Å². The second-order valence-corrected chi connectivity index (χ2v) is 10.9. The second kappa shape index (κ2) is 26.3. The molecule has 0 spiro atoms. The second-order valence-electron chi connectivity index (χ2n) is 10.9. The molecule has 0 saturated carbocycles. The van der Waals surface area contributed by atoms with Crippen LogP contribution >= 0.6 is 0 Å². The molecule has 0 aromatic heterocycles. The lowest BCUT2D eigenvalue weighted by atomic mass is 10.1. The van der Waals surface area contributed by atoms with Gasteiger partial charge in [-0.15, -0.1) is 0 Å². The van der Waals surface area contributed by atoms with Crippen LogP contribution in [0.25, 0.3) is 6.08 Å². The highest BCUT2D eigenvalue weighted by Gasteiger charge is 2.04. The van der Waals surface area contributed by atoms with Crippen molar-refractivity contribution in [3.63, 3.8) is 0 Å². The number of hydrogen-bond donors (Lipinski definition) is 0. The molecule has 224 valence electrons. The number of carbonyl (C=O) groups excluding carboxylic acids is 1. The maximum atomic E-state index is 11.8. The minimum Gasteiger partial charge on any atom is -0.493 e. The van der Waals surface area contributed by atoms with E-state index in [1.807, 2.05) is 25.1 Å². The third-order valence-electron chi connectivity index (χ3n) is 7.13.